The Hall–Kier alpha value is -2.93. The Morgan fingerprint density at radius 1 is 1.36 bits per heavy atom. The average Bonchev–Trinajstić information content (AvgIpc) is 3.22. The highest BCUT2D eigenvalue weighted by Gasteiger charge is 2.18. The van der Waals surface area contributed by atoms with Crippen molar-refractivity contribution in [2.45, 2.75) is 33.2 Å². The number of fused-ring (bicyclic) bond motifs is 1. The number of nitrogens with zero attached hydrogens (tertiary/aromatic N) is 4. The van der Waals surface area contributed by atoms with Crippen LogP contribution in [0.4, 0.5) is 5.69 Å². The van der Waals surface area contributed by atoms with E-state index in [0.717, 1.165) is 22.3 Å². The zero-order valence-corrected chi connectivity index (χ0v) is 17.0. The van der Waals surface area contributed by atoms with E-state index >= 15 is 0 Å². The fraction of sp³-hybridized carbons (Fsp3) is 0.381. The van der Waals surface area contributed by atoms with Crippen LogP contribution in [0.25, 0.3) is 10.9 Å². The Balaban J connectivity index is 2.07. The zero-order valence-electron chi connectivity index (χ0n) is 17.0. The molecule has 7 nitrogen and oxygen atoms in total. The summed E-state index contributed by atoms with van der Waals surface area (Å²) in [6, 6.07) is 5.69. The molecule has 0 spiro atoms. The first-order chi connectivity index (χ1) is 13.3. The lowest BCUT2D eigenvalue weighted by atomic mass is 10.0. The van der Waals surface area contributed by atoms with Gasteiger partial charge in [0, 0.05) is 22.5 Å². The summed E-state index contributed by atoms with van der Waals surface area (Å²) in [5.41, 5.74) is 3.50. The summed E-state index contributed by atoms with van der Waals surface area (Å²) >= 11 is 0. The summed E-state index contributed by atoms with van der Waals surface area (Å²) in [7, 11) is 3.73. The number of nitrogens with one attached hydrogen (secondary N) is 1. The molecule has 0 aliphatic carbocycles. The van der Waals surface area contributed by atoms with Gasteiger partial charge in [-0.05, 0) is 52.6 Å². The molecule has 28 heavy (non-hydrogen) atoms. The third kappa shape index (κ3) is 3.99. The van der Waals surface area contributed by atoms with Gasteiger partial charge in [-0.2, -0.15) is 5.10 Å². The monoisotopic (exact) mass is 381 g/mol. The number of carbonyl (C=O) groups excluding carboxylic acids is 1. The second-order valence-corrected chi connectivity index (χ2v) is 7.45. The maximum atomic E-state index is 12.5. The largest absolute Gasteiger partial charge is 0.494 e. The molecule has 0 atom stereocenters. The number of benzene rings is 1. The van der Waals surface area contributed by atoms with Crippen LogP contribution < -0.4 is 0 Å². The van der Waals surface area contributed by atoms with E-state index in [0.29, 0.717) is 24.1 Å². The van der Waals surface area contributed by atoms with E-state index in [9.17, 15) is 9.90 Å². The lowest BCUT2D eigenvalue weighted by Gasteiger charge is -2.09. The van der Waals surface area contributed by atoms with Gasteiger partial charge in [0.1, 0.15) is 5.69 Å². The van der Waals surface area contributed by atoms with E-state index < -0.39 is 0 Å². The van der Waals surface area contributed by atoms with E-state index in [1.807, 2.05) is 48.9 Å². The van der Waals surface area contributed by atoms with Crippen LogP contribution in [0, 0.1) is 0 Å². The van der Waals surface area contributed by atoms with Crippen LogP contribution in [0.3, 0.4) is 0 Å². The maximum Gasteiger partial charge on any atom is 0.198 e. The Morgan fingerprint density at radius 3 is 2.71 bits per heavy atom. The molecule has 0 aliphatic heterocycles. The lowest BCUT2D eigenvalue weighted by Crippen LogP contribution is -2.21. The minimum absolute atomic E-state index is 0.0340. The van der Waals surface area contributed by atoms with Gasteiger partial charge in [-0.1, -0.05) is 6.92 Å². The number of aromatic nitrogens is 3. The number of ketones is 1. The first-order valence-corrected chi connectivity index (χ1v) is 9.44. The normalized spacial score (nSPS) is 12.5. The number of aromatic amines is 1. The minimum atomic E-state index is 0.0340. The Morgan fingerprint density at radius 2 is 2.11 bits per heavy atom. The minimum Gasteiger partial charge on any atom is -0.494 e. The molecule has 1 aromatic carbocycles. The number of aromatic hydroxyl groups is 1. The number of rotatable bonds is 7. The van der Waals surface area contributed by atoms with Crippen molar-refractivity contribution in [2.75, 3.05) is 20.6 Å². The number of hydrogen-bond donors (Lipinski definition) is 2. The number of hydrogen-bond acceptors (Lipinski definition) is 5. The van der Waals surface area contributed by atoms with Crippen LogP contribution >= 0.6 is 0 Å². The van der Waals surface area contributed by atoms with Gasteiger partial charge >= 0.3 is 0 Å². The molecule has 0 fully saturated rings. The van der Waals surface area contributed by atoms with Gasteiger partial charge in [0.25, 0.3) is 0 Å². The summed E-state index contributed by atoms with van der Waals surface area (Å²) in [5, 5.41) is 15.6. The van der Waals surface area contributed by atoms with Crippen LogP contribution in [0.2, 0.25) is 0 Å². The Kier molecular flexibility index (Phi) is 5.65. The molecular weight excluding hydrogens is 354 g/mol. The predicted octanol–water partition coefficient (Wildman–Crippen LogP) is 3.93. The summed E-state index contributed by atoms with van der Waals surface area (Å²) in [4.78, 5) is 22.0. The predicted molar refractivity (Wildman–Crippen MR) is 112 cm³/mol. The molecule has 0 saturated carbocycles. The van der Waals surface area contributed by atoms with Gasteiger partial charge in [-0.25, -0.2) is 4.99 Å². The number of likely N-dealkylation sites (N-methyl/N-ethyl adjacent to an activating group) is 1. The van der Waals surface area contributed by atoms with Crippen molar-refractivity contribution in [1.29, 1.82) is 0 Å². The smallest absolute Gasteiger partial charge is 0.198 e. The van der Waals surface area contributed by atoms with Crippen molar-refractivity contribution in [1.82, 2.24) is 19.7 Å². The molecule has 0 saturated heterocycles. The first kappa shape index (κ1) is 19.8. The topological polar surface area (TPSA) is 86.5 Å². The van der Waals surface area contributed by atoms with Crippen LogP contribution in [0.1, 0.15) is 49.2 Å². The van der Waals surface area contributed by atoms with Crippen molar-refractivity contribution in [3.05, 3.63) is 41.7 Å². The Labute approximate surface area is 164 Å². The standard InChI is InChI=1S/C21H27N5O2/c1-6-17(23-15-10-22-26(11-15)13(2)3)20-16-9-14(19(27)12-25(4)5)7-8-18(16)24-21(20)28/h7-11,13,24,28H,6,12H2,1-5H3. The highest BCUT2D eigenvalue weighted by molar-refractivity contribution is 6.15. The van der Waals surface area contributed by atoms with Gasteiger partial charge in [0.15, 0.2) is 11.7 Å². The molecule has 0 unspecified atom stereocenters. The van der Waals surface area contributed by atoms with Gasteiger partial charge < -0.3 is 15.0 Å². The van der Waals surface area contributed by atoms with Crippen molar-refractivity contribution >= 4 is 28.1 Å². The van der Waals surface area contributed by atoms with Crippen molar-refractivity contribution < 1.29 is 9.90 Å². The molecule has 7 heteroatoms. The van der Waals surface area contributed by atoms with E-state index in [1.54, 1.807) is 12.3 Å². The van der Waals surface area contributed by atoms with Gasteiger partial charge in [-0.15, -0.1) is 0 Å². The van der Waals surface area contributed by atoms with Crippen LogP contribution in [0.5, 0.6) is 5.88 Å². The molecule has 148 valence electrons. The summed E-state index contributed by atoms with van der Waals surface area (Å²) < 4.78 is 1.85. The fourth-order valence-electron chi connectivity index (χ4n) is 3.16. The molecule has 0 bridgehead atoms. The van der Waals surface area contributed by atoms with Crippen molar-refractivity contribution in [2.24, 2.45) is 4.99 Å². The molecule has 3 rings (SSSR count). The molecule has 2 aromatic heterocycles. The maximum absolute atomic E-state index is 12.5. The molecule has 2 N–H and O–H groups in total. The highest BCUT2D eigenvalue weighted by Crippen LogP contribution is 2.31. The molecule has 0 aliphatic rings. The van der Waals surface area contributed by atoms with E-state index in [1.165, 1.54) is 0 Å². The van der Waals surface area contributed by atoms with Crippen LogP contribution in [-0.4, -0.2) is 56.9 Å². The number of Topliss-reactive ketones (excluding diaryl/α,β-unsaturated/α-hetero) is 1. The van der Waals surface area contributed by atoms with E-state index in [2.05, 4.69) is 23.9 Å². The summed E-state index contributed by atoms with van der Waals surface area (Å²) in [5.74, 6) is 0.0933. The fourth-order valence-corrected chi connectivity index (χ4v) is 3.16. The Bertz CT molecular complexity index is 1030. The first-order valence-electron chi connectivity index (χ1n) is 9.44. The molecule has 0 amide bonds. The van der Waals surface area contributed by atoms with Crippen LogP contribution in [0.15, 0.2) is 35.6 Å². The third-order valence-corrected chi connectivity index (χ3v) is 4.57. The van der Waals surface area contributed by atoms with E-state index in [-0.39, 0.29) is 17.7 Å². The van der Waals surface area contributed by atoms with Crippen LogP contribution in [-0.2, 0) is 0 Å². The molecule has 0 radical (unpaired) electrons. The molecular formula is C21H27N5O2. The lowest BCUT2D eigenvalue weighted by molar-refractivity contribution is 0.0958. The summed E-state index contributed by atoms with van der Waals surface area (Å²) in [6.07, 6.45) is 4.23. The quantitative estimate of drug-likeness (QED) is 0.480. The van der Waals surface area contributed by atoms with Gasteiger partial charge in [-0.3, -0.25) is 9.48 Å². The average molecular weight is 381 g/mol. The second kappa shape index (κ2) is 7.98. The number of carbonyl (C=O) groups is 1. The summed E-state index contributed by atoms with van der Waals surface area (Å²) in [6.45, 7) is 6.43. The van der Waals surface area contributed by atoms with Gasteiger partial charge in [0.05, 0.1) is 30.2 Å². The molecule has 2 heterocycles. The number of H-pyrrole nitrogens is 1. The highest BCUT2D eigenvalue weighted by atomic mass is 16.3. The second-order valence-electron chi connectivity index (χ2n) is 7.45. The zero-order chi connectivity index (χ0) is 20.4. The van der Waals surface area contributed by atoms with Crippen molar-refractivity contribution in [3.8, 4) is 5.88 Å². The van der Waals surface area contributed by atoms with E-state index in [4.69, 9.17) is 4.99 Å². The van der Waals surface area contributed by atoms with Crippen molar-refractivity contribution in [3.63, 3.8) is 0 Å². The third-order valence-electron chi connectivity index (χ3n) is 4.57. The SMILES string of the molecule is CCC(=Nc1cnn(C(C)C)c1)c1c(O)[nH]c2ccc(C(=O)CN(C)C)cc12. The number of aliphatic imine (C=N–C) groups is 1. The molecule has 3 aromatic rings. The van der Waals surface area contributed by atoms with Gasteiger partial charge in [0.2, 0.25) is 0 Å².